The maximum Gasteiger partial charge on any atom is 0.131 e. The molecule has 0 unspecified atom stereocenters. The van der Waals surface area contributed by atoms with Gasteiger partial charge in [0.05, 0.1) is 13.2 Å². The van der Waals surface area contributed by atoms with Crippen molar-refractivity contribution >= 4 is 11.6 Å². The second-order valence-corrected chi connectivity index (χ2v) is 8.34. The standard InChI is InChI=1S/C26H32N4O2/c1-3-32-24-13-12-20(15-22(24)18-31)16-30-14-6-8-21(17-30)23-9-5-11-26(28-23)29-25-10-4-7-19(2)27-25/h4-5,7,9-13,15,21,31H,3,6,8,14,16-18H2,1-2H3,(H,27,28,29)/t21-/m1/s1. The van der Waals surface area contributed by atoms with Gasteiger partial charge in [-0.2, -0.15) is 0 Å². The number of nitrogens with zero attached hydrogens (tertiary/aromatic N) is 3. The molecule has 0 aliphatic carbocycles. The summed E-state index contributed by atoms with van der Waals surface area (Å²) in [4.78, 5) is 11.9. The van der Waals surface area contributed by atoms with Crippen LogP contribution in [-0.4, -0.2) is 39.7 Å². The molecule has 1 aliphatic heterocycles. The zero-order chi connectivity index (χ0) is 22.3. The monoisotopic (exact) mass is 432 g/mol. The first kappa shape index (κ1) is 22.2. The number of aliphatic hydroxyl groups excluding tert-OH is 1. The van der Waals surface area contributed by atoms with E-state index in [-0.39, 0.29) is 6.61 Å². The van der Waals surface area contributed by atoms with Gasteiger partial charge in [-0.05, 0) is 75.2 Å². The Kier molecular flexibility index (Phi) is 7.35. The molecule has 1 fully saturated rings. The number of nitrogens with one attached hydrogen (secondary N) is 1. The van der Waals surface area contributed by atoms with Crippen LogP contribution < -0.4 is 10.1 Å². The second kappa shape index (κ2) is 10.6. The first-order valence-electron chi connectivity index (χ1n) is 11.4. The van der Waals surface area contributed by atoms with Crippen molar-refractivity contribution in [3.8, 4) is 5.75 Å². The third-order valence-electron chi connectivity index (χ3n) is 5.84. The lowest BCUT2D eigenvalue weighted by Gasteiger charge is -2.32. The van der Waals surface area contributed by atoms with Crippen LogP contribution in [0.1, 0.15) is 48.2 Å². The van der Waals surface area contributed by atoms with Crippen LogP contribution in [0.5, 0.6) is 5.75 Å². The van der Waals surface area contributed by atoms with Crippen molar-refractivity contribution in [3.05, 3.63) is 77.1 Å². The summed E-state index contributed by atoms with van der Waals surface area (Å²) >= 11 is 0. The summed E-state index contributed by atoms with van der Waals surface area (Å²) in [6, 6.07) is 18.3. The van der Waals surface area contributed by atoms with Crippen molar-refractivity contribution in [1.82, 2.24) is 14.9 Å². The van der Waals surface area contributed by atoms with Crippen LogP contribution in [0.25, 0.3) is 0 Å². The van der Waals surface area contributed by atoms with Crippen molar-refractivity contribution in [3.63, 3.8) is 0 Å². The summed E-state index contributed by atoms with van der Waals surface area (Å²) in [7, 11) is 0. The Bertz CT molecular complexity index is 1040. The van der Waals surface area contributed by atoms with Gasteiger partial charge in [-0.25, -0.2) is 9.97 Å². The van der Waals surface area contributed by atoms with Crippen molar-refractivity contribution in [2.45, 2.75) is 45.8 Å². The van der Waals surface area contributed by atoms with E-state index in [4.69, 9.17) is 9.72 Å². The average Bonchev–Trinajstić information content (AvgIpc) is 2.80. The highest BCUT2D eigenvalue weighted by molar-refractivity contribution is 5.51. The van der Waals surface area contributed by atoms with Crippen LogP contribution in [0, 0.1) is 6.92 Å². The Labute approximate surface area is 190 Å². The van der Waals surface area contributed by atoms with E-state index >= 15 is 0 Å². The van der Waals surface area contributed by atoms with Gasteiger partial charge in [-0.3, -0.25) is 4.90 Å². The maximum absolute atomic E-state index is 9.70. The number of aryl methyl sites for hydroxylation is 1. The number of hydrogen-bond donors (Lipinski definition) is 2. The highest BCUT2D eigenvalue weighted by Gasteiger charge is 2.23. The molecule has 1 saturated heterocycles. The molecule has 3 heterocycles. The Morgan fingerprint density at radius 2 is 1.91 bits per heavy atom. The molecule has 2 aromatic heterocycles. The van der Waals surface area contributed by atoms with Gasteiger partial charge in [0.25, 0.3) is 0 Å². The molecule has 6 nitrogen and oxygen atoms in total. The van der Waals surface area contributed by atoms with Crippen molar-refractivity contribution in [2.75, 3.05) is 25.0 Å². The number of ether oxygens (including phenoxy) is 1. The summed E-state index contributed by atoms with van der Waals surface area (Å²) < 4.78 is 5.62. The highest BCUT2D eigenvalue weighted by atomic mass is 16.5. The van der Waals surface area contributed by atoms with Gasteiger partial charge in [0.15, 0.2) is 0 Å². The fraction of sp³-hybridized carbons (Fsp3) is 0.385. The first-order chi connectivity index (χ1) is 15.6. The van der Waals surface area contributed by atoms with Gasteiger partial charge in [-0.15, -0.1) is 0 Å². The minimum absolute atomic E-state index is 0.00862. The molecule has 1 aromatic carbocycles. The number of hydrogen-bond acceptors (Lipinski definition) is 6. The van der Waals surface area contributed by atoms with E-state index in [1.165, 1.54) is 5.56 Å². The molecule has 3 aromatic rings. The van der Waals surface area contributed by atoms with Gasteiger partial charge < -0.3 is 15.2 Å². The maximum atomic E-state index is 9.70. The first-order valence-corrected chi connectivity index (χ1v) is 11.4. The van der Waals surface area contributed by atoms with Crippen LogP contribution >= 0.6 is 0 Å². The highest BCUT2D eigenvalue weighted by Crippen LogP contribution is 2.29. The molecule has 0 radical (unpaired) electrons. The van der Waals surface area contributed by atoms with E-state index in [0.717, 1.165) is 66.8 Å². The largest absolute Gasteiger partial charge is 0.494 e. The van der Waals surface area contributed by atoms with E-state index in [9.17, 15) is 5.11 Å². The normalized spacial score (nSPS) is 16.7. The Balaban J connectivity index is 1.43. The fourth-order valence-electron chi connectivity index (χ4n) is 4.34. The smallest absolute Gasteiger partial charge is 0.131 e. The van der Waals surface area contributed by atoms with Crippen molar-refractivity contribution in [1.29, 1.82) is 0 Å². The minimum atomic E-state index is -0.00862. The second-order valence-electron chi connectivity index (χ2n) is 8.34. The van der Waals surface area contributed by atoms with E-state index in [1.807, 2.05) is 44.2 Å². The number of pyridine rings is 2. The Morgan fingerprint density at radius 3 is 2.69 bits per heavy atom. The third kappa shape index (κ3) is 5.64. The lowest BCUT2D eigenvalue weighted by molar-refractivity contribution is 0.198. The lowest BCUT2D eigenvalue weighted by Crippen LogP contribution is -2.34. The molecule has 0 spiro atoms. The number of aromatic nitrogens is 2. The van der Waals surface area contributed by atoms with Crippen molar-refractivity contribution in [2.24, 2.45) is 0 Å². The third-order valence-corrected chi connectivity index (χ3v) is 5.84. The fourth-order valence-corrected chi connectivity index (χ4v) is 4.34. The van der Waals surface area contributed by atoms with Gasteiger partial charge in [-0.1, -0.05) is 18.2 Å². The van der Waals surface area contributed by atoms with Crippen molar-refractivity contribution < 1.29 is 9.84 Å². The SMILES string of the molecule is CCOc1ccc(CN2CCC[C@@H](c3cccc(Nc4cccc(C)n4)n3)C2)cc1CO. The van der Waals surface area contributed by atoms with Crippen LogP contribution in [0.2, 0.25) is 0 Å². The molecule has 2 N–H and O–H groups in total. The molecular weight excluding hydrogens is 400 g/mol. The molecule has 1 atom stereocenters. The van der Waals surface area contributed by atoms with Crippen LogP contribution in [0.4, 0.5) is 11.6 Å². The lowest BCUT2D eigenvalue weighted by atomic mass is 9.94. The van der Waals surface area contributed by atoms with E-state index < -0.39 is 0 Å². The van der Waals surface area contributed by atoms with E-state index in [1.54, 1.807) is 0 Å². The minimum Gasteiger partial charge on any atom is -0.494 e. The summed E-state index contributed by atoms with van der Waals surface area (Å²) in [5.41, 5.74) is 4.15. The molecule has 6 heteroatoms. The van der Waals surface area contributed by atoms with Crippen LogP contribution in [0.15, 0.2) is 54.6 Å². The van der Waals surface area contributed by atoms with E-state index in [2.05, 4.69) is 39.5 Å². The number of rotatable bonds is 8. The molecule has 1 aliphatic rings. The summed E-state index contributed by atoms with van der Waals surface area (Å²) in [6.07, 6.45) is 2.29. The molecule has 32 heavy (non-hydrogen) atoms. The Morgan fingerprint density at radius 1 is 1.09 bits per heavy atom. The zero-order valence-electron chi connectivity index (χ0n) is 18.9. The van der Waals surface area contributed by atoms with Crippen LogP contribution in [-0.2, 0) is 13.2 Å². The number of aliphatic hydroxyl groups is 1. The van der Waals surface area contributed by atoms with Gasteiger partial charge >= 0.3 is 0 Å². The summed E-state index contributed by atoms with van der Waals surface area (Å²) in [5, 5.41) is 13.0. The quantitative estimate of drug-likeness (QED) is 0.533. The molecule has 4 rings (SSSR count). The number of benzene rings is 1. The average molecular weight is 433 g/mol. The molecule has 0 bridgehead atoms. The molecule has 0 amide bonds. The molecular formula is C26H32N4O2. The summed E-state index contributed by atoms with van der Waals surface area (Å²) in [5.74, 6) is 2.81. The van der Waals surface area contributed by atoms with Gasteiger partial charge in [0.1, 0.15) is 17.4 Å². The van der Waals surface area contributed by atoms with E-state index in [0.29, 0.717) is 12.5 Å². The Hall–Kier alpha value is -2.96. The predicted molar refractivity (Wildman–Crippen MR) is 127 cm³/mol. The van der Waals surface area contributed by atoms with Gasteiger partial charge in [0, 0.05) is 36.0 Å². The number of piperidine rings is 1. The number of anilines is 2. The predicted octanol–water partition coefficient (Wildman–Crippen LogP) is 4.80. The van der Waals surface area contributed by atoms with Gasteiger partial charge in [0.2, 0.25) is 0 Å². The molecule has 168 valence electrons. The summed E-state index contributed by atoms with van der Waals surface area (Å²) in [6.45, 7) is 7.44. The molecule has 0 saturated carbocycles. The zero-order valence-corrected chi connectivity index (χ0v) is 18.9. The topological polar surface area (TPSA) is 70.5 Å². The number of likely N-dealkylation sites (tertiary alicyclic amines) is 1. The van der Waals surface area contributed by atoms with Crippen LogP contribution in [0.3, 0.4) is 0 Å².